The number of rotatable bonds is 9. The molecule has 0 unspecified atom stereocenters. The summed E-state index contributed by atoms with van der Waals surface area (Å²) in [5.74, 6) is 1.40. The van der Waals surface area contributed by atoms with Gasteiger partial charge in [0.15, 0.2) is 11.5 Å². The highest BCUT2D eigenvalue weighted by molar-refractivity contribution is 5.43. The number of hydrogen-bond acceptors (Lipinski definition) is 4. The first-order valence-corrected chi connectivity index (χ1v) is 5.91. The van der Waals surface area contributed by atoms with Gasteiger partial charge in [0.05, 0.1) is 26.9 Å². The van der Waals surface area contributed by atoms with Gasteiger partial charge in [0.2, 0.25) is 0 Å². The summed E-state index contributed by atoms with van der Waals surface area (Å²) in [5, 5.41) is 8.55. The zero-order valence-electron chi connectivity index (χ0n) is 10.7. The van der Waals surface area contributed by atoms with Crippen LogP contribution in [0, 0.1) is 0 Å². The van der Waals surface area contributed by atoms with Crippen LogP contribution >= 0.6 is 0 Å². The van der Waals surface area contributed by atoms with E-state index in [-0.39, 0.29) is 6.61 Å². The number of aliphatic hydroxyl groups excluding tert-OH is 1. The molecule has 1 aromatic rings. The smallest absolute Gasteiger partial charge is 0.161 e. The molecule has 4 nitrogen and oxygen atoms in total. The van der Waals surface area contributed by atoms with Crippen LogP contribution in [-0.2, 0) is 11.2 Å². The van der Waals surface area contributed by atoms with Crippen molar-refractivity contribution in [2.45, 2.75) is 6.42 Å². The van der Waals surface area contributed by atoms with E-state index in [0.717, 1.165) is 12.0 Å². The molecule has 1 rings (SSSR count). The van der Waals surface area contributed by atoms with Crippen LogP contribution in [0.1, 0.15) is 5.56 Å². The highest BCUT2D eigenvalue weighted by atomic mass is 16.5. The van der Waals surface area contributed by atoms with E-state index in [0.29, 0.717) is 31.3 Å². The Morgan fingerprint density at radius 1 is 1.22 bits per heavy atom. The first kappa shape index (κ1) is 14.5. The van der Waals surface area contributed by atoms with Crippen LogP contribution in [0.5, 0.6) is 11.5 Å². The molecule has 18 heavy (non-hydrogen) atoms. The number of hydrogen-bond donors (Lipinski definition) is 1. The Balaban J connectivity index is 2.51. The minimum atomic E-state index is 0.0274. The number of aliphatic hydroxyl groups is 1. The van der Waals surface area contributed by atoms with E-state index >= 15 is 0 Å². The van der Waals surface area contributed by atoms with Gasteiger partial charge < -0.3 is 19.3 Å². The van der Waals surface area contributed by atoms with Crippen LogP contribution in [-0.4, -0.2) is 38.6 Å². The van der Waals surface area contributed by atoms with Gasteiger partial charge in [-0.15, -0.1) is 6.58 Å². The third-order valence-electron chi connectivity index (χ3n) is 2.33. The summed E-state index contributed by atoms with van der Waals surface area (Å²) in [7, 11) is 1.61. The zero-order valence-corrected chi connectivity index (χ0v) is 10.7. The summed E-state index contributed by atoms with van der Waals surface area (Å²) in [5.41, 5.74) is 1.13. The van der Waals surface area contributed by atoms with Crippen LogP contribution in [0.25, 0.3) is 0 Å². The normalized spacial score (nSPS) is 10.1. The predicted molar refractivity (Wildman–Crippen MR) is 70.3 cm³/mol. The third kappa shape index (κ3) is 4.77. The highest BCUT2D eigenvalue weighted by Gasteiger charge is 2.05. The topological polar surface area (TPSA) is 47.9 Å². The van der Waals surface area contributed by atoms with E-state index in [9.17, 15) is 0 Å². The van der Waals surface area contributed by atoms with E-state index in [1.807, 2.05) is 24.3 Å². The van der Waals surface area contributed by atoms with Crippen molar-refractivity contribution in [1.29, 1.82) is 0 Å². The van der Waals surface area contributed by atoms with Gasteiger partial charge in [0.1, 0.15) is 6.61 Å². The molecule has 0 saturated heterocycles. The van der Waals surface area contributed by atoms with E-state index < -0.39 is 0 Å². The van der Waals surface area contributed by atoms with Crippen molar-refractivity contribution in [2.75, 3.05) is 33.5 Å². The number of allylic oxidation sites excluding steroid dienone is 1. The summed E-state index contributed by atoms with van der Waals surface area (Å²) >= 11 is 0. The molecule has 0 radical (unpaired) electrons. The van der Waals surface area contributed by atoms with Gasteiger partial charge in [-0.3, -0.25) is 0 Å². The van der Waals surface area contributed by atoms with Gasteiger partial charge in [-0.1, -0.05) is 12.1 Å². The standard InChI is InChI=1S/C14H20O4/c1-3-4-12-5-6-13(14(11-12)16-2)18-10-9-17-8-7-15/h3,5-6,11,15H,1,4,7-10H2,2H3. The average molecular weight is 252 g/mol. The van der Waals surface area contributed by atoms with Gasteiger partial charge in [0, 0.05) is 0 Å². The number of benzene rings is 1. The molecule has 1 N–H and O–H groups in total. The van der Waals surface area contributed by atoms with Gasteiger partial charge in [0.25, 0.3) is 0 Å². The van der Waals surface area contributed by atoms with Crippen molar-refractivity contribution in [3.63, 3.8) is 0 Å². The second-order valence-electron chi connectivity index (χ2n) is 3.66. The Kier molecular flexibility index (Phi) is 6.91. The van der Waals surface area contributed by atoms with Gasteiger partial charge >= 0.3 is 0 Å². The molecule has 0 aliphatic heterocycles. The first-order valence-electron chi connectivity index (χ1n) is 5.91. The maximum absolute atomic E-state index is 8.55. The van der Waals surface area contributed by atoms with E-state index in [1.165, 1.54) is 0 Å². The molecule has 0 spiro atoms. The lowest BCUT2D eigenvalue weighted by Gasteiger charge is -2.11. The quantitative estimate of drug-likeness (QED) is 0.538. The van der Waals surface area contributed by atoms with E-state index in [4.69, 9.17) is 19.3 Å². The largest absolute Gasteiger partial charge is 0.493 e. The van der Waals surface area contributed by atoms with Crippen LogP contribution in [0.3, 0.4) is 0 Å². The monoisotopic (exact) mass is 252 g/mol. The van der Waals surface area contributed by atoms with Crippen LogP contribution in [0.2, 0.25) is 0 Å². The maximum Gasteiger partial charge on any atom is 0.161 e. The minimum Gasteiger partial charge on any atom is -0.493 e. The summed E-state index contributed by atoms with van der Waals surface area (Å²) in [6.45, 7) is 4.93. The van der Waals surface area contributed by atoms with Crippen LogP contribution < -0.4 is 9.47 Å². The fraction of sp³-hybridized carbons (Fsp3) is 0.429. The maximum atomic E-state index is 8.55. The zero-order chi connectivity index (χ0) is 13.2. The Morgan fingerprint density at radius 2 is 2.06 bits per heavy atom. The van der Waals surface area contributed by atoms with Gasteiger partial charge in [-0.2, -0.15) is 0 Å². The average Bonchev–Trinajstić information content (AvgIpc) is 2.40. The molecule has 0 aliphatic carbocycles. The third-order valence-corrected chi connectivity index (χ3v) is 2.33. The van der Waals surface area contributed by atoms with E-state index in [2.05, 4.69) is 6.58 Å². The molecule has 0 amide bonds. The van der Waals surface area contributed by atoms with Crippen molar-refractivity contribution in [1.82, 2.24) is 0 Å². The van der Waals surface area contributed by atoms with Crippen molar-refractivity contribution in [3.05, 3.63) is 36.4 Å². The minimum absolute atomic E-state index is 0.0274. The Hall–Kier alpha value is -1.52. The lowest BCUT2D eigenvalue weighted by Crippen LogP contribution is -2.09. The molecule has 0 atom stereocenters. The summed E-state index contributed by atoms with van der Waals surface area (Å²) < 4.78 is 15.9. The fourth-order valence-corrected chi connectivity index (χ4v) is 1.50. The molecule has 1 aromatic carbocycles. The Morgan fingerprint density at radius 3 is 2.72 bits per heavy atom. The van der Waals surface area contributed by atoms with Gasteiger partial charge in [-0.05, 0) is 24.1 Å². The first-order chi connectivity index (χ1) is 8.81. The molecular weight excluding hydrogens is 232 g/mol. The predicted octanol–water partition coefficient (Wildman–Crippen LogP) is 1.81. The van der Waals surface area contributed by atoms with Crippen molar-refractivity contribution < 1.29 is 19.3 Å². The molecule has 0 aliphatic rings. The molecule has 0 bridgehead atoms. The van der Waals surface area contributed by atoms with Crippen LogP contribution in [0.4, 0.5) is 0 Å². The highest BCUT2D eigenvalue weighted by Crippen LogP contribution is 2.28. The summed E-state index contributed by atoms with van der Waals surface area (Å²) in [6, 6.07) is 5.80. The Bertz CT molecular complexity index is 363. The van der Waals surface area contributed by atoms with Crippen molar-refractivity contribution in [2.24, 2.45) is 0 Å². The molecule has 0 fully saturated rings. The van der Waals surface area contributed by atoms with E-state index in [1.54, 1.807) is 7.11 Å². The molecule has 100 valence electrons. The molecule has 4 heteroatoms. The summed E-state index contributed by atoms with van der Waals surface area (Å²) in [4.78, 5) is 0. The SMILES string of the molecule is C=CCc1ccc(OCCOCCO)c(OC)c1. The molecular formula is C14H20O4. The molecule has 0 saturated carbocycles. The molecule has 0 heterocycles. The lowest BCUT2D eigenvalue weighted by atomic mass is 10.1. The van der Waals surface area contributed by atoms with Crippen molar-refractivity contribution in [3.8, 4) is 11.5 Å². The van der Waals surface area contributed by atoms with Crippen molar-refractivity contribution >= 4 is 0 Å². The number of methoxy groups -OCH3 is 1. The summed E-state index contributed by atoms with van der Waals surface area (Å²) in [6.07, 6.45) is 2.65. The second-order valence-corrected chi connectivity index (χ2v) is 3.66. The second kappa shape index (κ2) is 8.55. The lowest BCUT2D eigenvalue weighted by molar-refractivity contribution is 0.0699. The fourth-order valence-electron chi connectivity index (χ4n) is 1.50. The van der Waals surface area contributed by atoms with Gasteiger partial charge in [-0.25, -0.2) is 0 Å². The molecule has 0 aromatic heterocycles. The number of ether oxygens (including phenoxy) is 3. The Labute approximate surface area is 108 Å². The van der Waals surface area contributed by atoms with Crippen LogP contribution in [0.15, 0.2) is 30.9 Å².